The summed E-state index contributed by atoms with van der Waals surface area (Å²) >= 11 is 0. The Balaban J connectivity index is 3.51. The molecule has 0 aromatic carbocycles. The molecular weight excluding hydrogens is 102 g/mol. The molecule has 2 heteroatoms. The average molecular weight is 115 g/mol. The van der Waals surface area contributed by atoms with Crippen LogP contribution in [0, 0.1) is 5.92 Å². The van der Waals surface area contributed by atoms with Crippen LogP contribution in [0.5, 0.6) is 0 Å². The minimum absolute atomic E-state index is 0.0231. The standard InChI is InChI=1S/C6H13NO/c1-5(2)6(4-8)7-3/h4-7H,1-3H3/t6-/m0/s1. The highest BCUT2D eigenvalue weighted by molar-refractivity contribution is 5.57. The van der Waals surface area contributed by atoms with Gasteiger partial charge in [0, 0.05) is 0 Å². The number of carbonyl (C=O) groups is 1. The first-order valence-electron chi connectivity index (χ1n) is 2.85. The minimum Gasteiger partial charge on any atom is -0.311 e. The van der Waals surface area contributed by atoms with Crippen molar-refractivity contribution >= 4 is 6.29 Å². The molecule has 0 heterocycles. The Morgan fingerprint density at radius 3 is 2.00 bits per heavy atom. The lowest BCUT2D eigenvalue weighted by Crippen LogP contribution is -2.31. The van der Waals surface area contributed by atoms with Gasteiger partial charge in [0.2, 0.25) is 0 Å². The largest absolute Gasteiger partial charge is 0.311 e. The van der Waals surface area contributed by atoms with Gasteiger partial charge in [-0.3, -0.25) is 0 Å². The lowest BCUT2D eigenvalue weighted by molar-refractivity contribution is -0.110. The van der Waals surface area contributed by atoms with Gasteiger partial charge < -0.3 is 10.1 Å². The van der Waals surface area contributed by atoms with Crippen molar-refractivity contribution in [1.29, 1.82) is 0 Å². The van der Waals surface area contributed by atoms with Gasteiger partial charge in [0.15, 0.2) is 0 Å². The molecule has 0 aromatic rings. The number of hydrogen-bond donors (Lipinski definition) is 1. The zero-order chi connectivity index (χ0) is 6.57. The van der Waals surface area contributed by atoms with Crippen molar-refractivity contribution in [2.24, 2.45) is 5.92 Å². The molecule has 0 bridgehead atoms. The van der Waals surface area contributed by atoms with Crippen molar-refractivity contribution in [1.82, 2.24) is 5.32 Å². The number of carbonyl (C=O) groups excluding carboxylic acids is 1. The first kappa shape index (κ1) is 7.63. The zero-order valence-corrected chi connectivity index (χ0v) is 5.64. The smallest absolute Gasteiger partial charge is 0.137 e. The van der Waals surface area contributed by atoms with Crippen LogP contribution in [0.4, 0.5) is 0 Å². The van der Waals surface area contributed by atoms with Gasteiger partial charge in [-0.25, -0.2) is 0 Å². The molecule has 0 spiro atoms. The van der Waals surface area contributed by atoms with Crippen molar-refractivity contribution in [3.63, 3.8) is 0 Å². The summed E-state index contributed by atoms with van der Waals surface area (Å²) in [6.07, 6.45) is 0.935. The maximum Gasteiger partial charge on any atom is 0.137 e. The highest BCUT2D eigenvalue weighted by Gasteiger charge is 2.06. The van der Waals surface area contributed by atoms with Crippen LogP contribution in [0.2, 0.25) is 0 Å². The molecule has 0 fully saturated rings. The quantitative estimate of drug-likeness (QED) is 0.540. The monoisotopic (exact) mass is 115 g/mol. The van der Waals surface area contributed by atoms with E-state index in [4.69, 9.17) is 0 Å². The summed E-state index contributed by atoms with van der Waals surface area (Å²) in [5.74, 6) is 0.400. The van der Waals surface area contributed by atoms with Gasteiger partial charge in [-0.15, -0.1) is 0 Å². The van der Waals surface area contributed by atoms with Crippen LogP contribution in [0.15, 0.2) is 0 Å². The van der Waals surface area contributed by atoms with E-state index in [1.54, 1.807) is 7.05 Å². The Hall–Kier alpha value is -0.370. The molecule has 0 aliphatic carbocycles. The maximum absolute atomic E-state index is 10.1. The van der Waals surface area contributed by atoms with Crippen LogP contribution in [-0.4, -0.2) is 19.4 Å². The summed E-state index contributed by atoms with van der Waals surface area (Å²) in [6.45, 7) is 4.02. The van der Waals surface area contributed by atoms with Gasteiger partial charge in [0.25, 0.3) is 0 Å². The summed E-state index contributed by atoms with van der Waals surface area (Å²) in [6, 6.07) is 0.0231. The van der Waals surface area contributed by atoms with Gasteiger partial charge in [-0.1, -0.05) is 13.8 Å². The fraction of sp³-hybridized carbons (Fsp3) is 0.833. The van der Waals surface area contributed by atoms with Gasteiger partial charge in [-0.2, -0.15) is 0 Å². The lowest BCUT2D eigenvalue weighted by atomic mass is 10.1. The van der Waals surface area contributed by atoms with Crippen LogP contribution < -0.4 is 5.32 Å². The normalized spacial score (nSPS) is 14.0. The number of nitrogens with one attached hydrogen (secondary N) is 1. The molecule has 0 amide bonds. The van der Waals surface area contributed by atoms with Crippen LogP contribution in [-0.2, 0) is 4.79 Å². The van der Waals surface area contributed by atoms with E-state index in [9.17, 15) is 4.79 Å². The molecule has 0 unspecified atom stereocenters. The van der Waals surface area contributed by atoms with E-state index in [2.05, 4.69) is 5.32 Å². The molecule has 0 radical (unpaired) electrons. The second-order valence-corrected chi connectivity index (χ2v) is 2.19. The molecule has 0 aliphatic rings. The Labute approximate surface area is 50.3 Å². The molecule has 2 nitrogen and oxygen atoms in total. The topological polar surface area (TPSA) is 29.1 Å². The molecule has 0 aromatic heterocycles. The maximum atomic E-state index is 10.1. The highest BCUT2D eigenvalue weighted by Crippen LogP contribution is 1.95. The van der Waals surface area contributed by atoms with Gasteiger partial charge in [0.1, 0.15) is 6.29 Å². The van der Waals surface area contributed by atoms with E-state index in [-0.39, 0.29) is 6.04 Å². The minimum atomic E-state index is 0.0231. The predicted molar refractivity (Wildman–Crippen MR) is 33.7 cm³/mol. The van der Waals surface area contributed by atoms with Crippen molar-refractivity contribution in [2.75, 3.05) is 7.05 Å². The number of rotatable bonds is 3. The van der Waals surface area contributed by atoms with E-state index in [0.717, 1.165) is 6.29 Å². The SMILES string of the molecule is CN[C@@H](C=O)C(C)C. The first-order chi connectivity index (χ1) is 3.72. The summed E-state index contributed by atoms with van der Waals surface area (Å²) in [4.78, 5) is 10.1. The van der Waals surface area contributed by atoms with E-state index in [0.29, 0.717) is 5.92 Å². The number of likely N-dealkylation sites (N-methyl/N-ethyl adjacent to an activating group) is 1. The third-order valence-electron chi connectivity index (χ3n) is 1.20. The molecule has 0 aliphatic heterocycles. The average Bonchev–Trinajstić information content (AvgIpc) is 1.69. The summed E-state index contributed by atoms with van der Waals surface area (Å²) < 4.78 is 0. The van der Waals surface area contributed by atoms with E-state index >= 15 is 0 Å². The van der Waals surface area contributed by atoms with Gasteiger partial charge in [-0.05, 0) is 13.0 Å². The van der Waals surface area contributed by atoms with Crippen molar-refractivity contribution in [3.05, 3.63) is 0 Å². The Morgan fingerprint density at radius 1 is 1.50 bits per heavy atom. The molecule has 0 saturated carbocycles. The molecular formula is C6H13NO. The third-order valence-corrected chi connectivity index (χ3v) is 1.20. The summed E-state index contributed by atoms with van der Waals surface area (Å²) in [7, 11) is 1.79. The lowest BCUT2D eigenvalue weighted by Gasteiger charge is -2.11. The van der Waals surface area contributed by atoms with Crippen LogP contribution in [0.25, 0.3) is 0 Å². The Morgan fingerprint density at radius 2 is 2.00 bits per heavy atom. The second kappa shape index (κ2) is 3.61. The van der Waals surface area contributed by atoms with Gasteiger partial charge in [0.05, 0.1) is 6.04 Å². The van der Waals surface area contributed by atoms with Crippen molar-refractivity contribution in [2.45, 2.75) is 19.9 Å². The van der Waals surface area contributed by atoms with Crippen LogP contribution in [0.3, 0.4) is 0 Å². The van der Waals surface area contributed by atoms with E-state index < -0.39 is 0 Å². The number of hydrogen-bond acceptors (Lipinski definition) is 2. The predicted octanol–water partition coefficient (Wildman–Crippen LogP) is 0.429. The van der Waals surface area contributed by atoms with E-state index in [1.165, 1.54) is 0 Å². The van der Waals surface area contributed by atoms with Crippen LogP contribution >= 0.6 is 0 Å². The molecule has 1 atom stereocenters. The fourth-order valence-corrected chi connectivity index (χ4v) is 0.559. The molecule has 0 rings (SSSR count). The molecule has 1 N–H and O–H groups in total. The van der Waals surface area contributed by atoms with Crippen molar-refractivity contribution < 1.29 is 4.79 Å². The third kappa shape index (κ3) is 2.07. The fourth-order valence-electron chi connectivity index (χ4n) is 0.559. The first-order valence-corrected chi connectivity index (χ1v) is 2.85. The highest BCUT2D eigenvalue weighted by atomic mass is 16.1. The zero-order valence-electron chi connectivity index (χ0n) is 5.64. The molecule has 0 saturated heterocycles. The summed E-state index contributed by atoms with van der Waals surface area (Å²) in [5.41, 5.74) is 0. The number of aldehydes is 1. The second-order valence-electron chi connectivity index (χ2n) is 2.19. The van der Waals surface area contributed by atoms with Gasteiger partial charge >= 0.3 is 0 Å². The molecule has 8 heavy (non-hydrogen) atoms. The van der Waals surface area contributed by atoms with E-state index in [1.807, 2.05) is 13.8 Å². The Kier molecular flexibility index (Phi) is 3.44. The van der Waals surface area contributed by atoms with Crippen molar-refractivity contribution in [3.8, 4) is 0 Å². The molecule has 48 valence electrons. The summed E-state index contributed by atoms with van der Waals surface area (Å²) in [5, 5.41) is 2.88. The Bertz CT molecular complexity index is 70.9. The van der Waals surface area contributed by atoms with Crippen LogP contribution in [0.1, 0.15) is 13.8 Å².